The van der Waals surface area contributed by atoms with Crippen LogP contribution < -0.4 is 34.7 Å². The van der Waals surface area contributed by atoms with Gasteiger partial charge in [0.15, 0.2) is 5.03 Å². The monoisotopic (exact) mass is 182 g/mol. The Morgan fingerprint density at radius 1 is 1.45 bits per heavy atom. The molecule has 0 unspecified atom stereocenters. The smallest absolute Gasteiger partial charge is 1.00 e. The number of sulfonamides is 1. The first-order valence-electron chi connectivity index (χ1n) is 2.54. The van der Waals surface area contributed by atoms with Gasteiger partial charge in [-0.25, -0.2) is 18.5 Å². The maximum atomic E-state index is 10.5. The molecule has 1 heterocycles. The minimum Gasteiger partial charge on any atom is -1.00 e. The van der Waals surface area contributed by atoms with E-state index in [0.29, 0.717) is 0 Å². The van der Waals surface area contributed by atoms with Crippen molar-refractivity contribution < 1.29 is 39.4 Å². The Bertz CT molecular complexity index is 315. The summed E-state index contributed by atoms with van der Waals surface area (Å²) >= 11 is 0. The van der Waals surface area contributed by atoms with Gasteiger partial charge >= 0.3 is 29.6 Å². The second-order valence-corrected chi connectivity index (χ2v) is 3.22. The molecule has 1 rings (SSSR count). The van der Waals surface area contributed by atoms with Crippen molar-refractivity contribution in [3.05, 3.63) is 24.4 Å². The molecule has 1 aromatic heterocycles. The van der Waals surface area contributed by atoms with Crippen LogP contribution in [0.1, 0.15) is 1.43 Å². The van der Waals surface area contributed by atoms with Crippen molar-refractivity contribution in [2.24, 2.45) is 5.14 Å². The summed E-state index contributed by atoms with van der Waals surface area (Å²) in [5.41, 5.74) is 0. The molecule has 1 aromatic rings. The predicted octanol–water partition coefficient (Wildman–Crippen LogP) is -3.15. The second kappa shape index (κ2) is 4.18. The molecule has 56 valence electrons. The molecule has 0 bridgehead atoms. The Morgan fingerprint density at radius 2 is 2.09 bits per heavy atom. The van der Waals surface area contributed by atoms with E-state index in [9.17, 15) is 8.42 Å². The first-order chi connectivity index (χ1) is 4.61. The van der Waals surface area contributed by atoms with Gasteiger partial charge in [0, 0.05) is 6.20 Å². The summed E-state index contributed by atoms with van der Waals surface area (Å²) in [4.78, 5) is 3.54. The Hall–Kier alpha value is 0.0600. The summed E-state index contributed by atoms with van der Waals surface area (Å²) in [7, 11) is -3.61. The van der Waals surface area contributed by atoms with E-state index in [2.05, 4.69) is 4.98 Å². The van der Waals surface area contributed by atoms with Crippen LogP contribution in [-0.4, -0.2) is 13.4 Å². The van der Waals surface area contributed by atoms with E-state index in [1.807, 2.05) is 0 Å². The normalized spacial score (nSPS) is 10.3. The summed E-state index contributed by atoms with van der Waals surface area (Å²) in [5, 5.41) is 4.66. The fourth-order valence-corrected chi connectivity index (χ4v) is 0.991. The third kappa shape index (κ3) is 3.31. The Labute approximate surface area is 88.6 Å². The topological polar surface area (TPSA) is 73.1 Å². The zero-order valence-corrected chi connectivity index (χ0v) is 8.88. The van der Waals surface area contributed by atoms with Crippen LogP contribution in [0.5, 0.6) is 0 Å². The molecule has 6 heteroatoms. The van der Waals surface area contributed by atoms with Crippen LogP contribution in [-0.2, 0) is 10.0 Å². The SMILES string of the molecule is NS(=O)(=O)c1ccccn1.[H-].[Na+]. The van der Waals surface area contributed by atoms with Gasteiger partial charge in [0.2, 0.25) is 0 Å². The van der Waals surface area contributed by atoms with E-state index < -0.39 is 10.0 Å². The van der Waals surface area contributed by atoms with Crippen molar-refractivity contribution in [1.29, 1.82) is 0 Å². The summed E-state index contributed by atoms with van der Waals surface area (Å²) in [5.74, 6) is 0. The van der Waals surface area contributed by atoms with Crippen molar-refractivity contribution in [2.75, 3.05) is 0 Å². The average Bonchev–Trinajstić information content (AvgIpc) is 1.88. The maximum absolute atomic E-state index is 10.5. The molecule has 0 aliphatic rings. The quantitative estimate of drug-likeness (QED) is 0.466. The Balaban J connectivity index is 0. The maximum Gasteiger partial charge on any atom is 1.00 e. The number of hydrogen-bond donors (Lipinski definition) is 1. The van der Waals surface area contributed by atoms with Gasteiger partial charge in [0.05, 0.1) is 0 Å². The molecule has 2 N–H and O–H groups in total. The van der Waals surface area contributed by atoms with Crippen LogP contribution in [0.4, 0.5) is 0 Å². The Morgan fingerprint density at radius 3 is 2.36 bits per heavy atom. The third-order valence-corrected chi connectivity index (χ3v) is 1.75. The number of nitrogens with two attached hydrogens (primary N) is 1. The molecule has 0 radical (unpaired) electrons. The van der Waals surface area contributed by atoms with Crippen molar-refractivity contribution in [3.8, 4) is 0 Å². The summed E-state index contributed by atoms with van der Waals surface area (Å²) in [6, 6.07) is 4.52. The fraction of sp³-hybridized carbons (Fsp3) is 0. The Kier molecular flexibility index (Phi) is 4.20. The van der Waals surface area contributed by atoms with Gasteiger partial charge < -0.3 is 1.43 Å². The van der Waals surface area contributed by atoms with Crippen molar-refractivity contribution in [2.45, 2.75) is 5.03 Å². The first-order valence-corrected chi connectivity index (χ1v) is 4.09. The van der Waals surface area contributed by atoms with Crippen molar-refractivity contribution in [1.82, 2.24) is 4.98 Å². The van der Waals surface area contributed by atoms with E-state index in [-0.39, 0.29) is 36.0 Å². The van der Waals surface area contributed by atoms with Gasteiger partial charge in [0.25, 0.3) is 10.0 Å². The zero-order chi connectivity index (χ0) is 7.61. The van der Waals surface area contributed by atoms with Gasteiger partial charge in [-0.15, -0.1) is 0 Å². The number of primary sulfonamides is 1. The molecule has 4 nitrogen and oxygen atoms in total. The molecule has 0 saturated carbocycles. The largest absolute Gasteiger partial charge is 1.00 e. The fourth-order valence-electron chi connectivity index (χ4n) is 0.515. The number of hydrogen-bond acceptors (Lipinski definition) is 3. The van der Waals surface area contributed by atoms with Crippen LogP contribution >= 0.6 is 0 Å². The molecular weight excluding hydrogens is 175 g/mol. The van der Waals surface area contributed by atoms with E-state index in [4.69, 9.17) is 5.14 Å². The second-order valence-electron chi connectivity index (χ2n) is 1.71. The molecule has 0 aromatic carbocycles. The van der Waals surface area contributed by atoms with Gasteiger partial charge in [-0.1, -0.05) is 6.07 Å². The van der Waals surface area contributed by atoms with E-state index in [0.717, 1.165) is 0 Å². The molecular formula is C5H7N2NaO2S. The molecule has 0 atom stereocenters. The molecule has 11 heavy (non-hydrogen) atoms. The predicted molar refractivity (Wildman–Crippen MR) is 36.7 cm³/mol. The van der Waals surface area contributed by atoms with Gasteiger partial charge in [0.1, 0.15) is 0 Å². The van der Waals surface area contributed by atoms with Crippen molar-refractivity contribution >= 4 is 10.0 Å². The summed E-state index contributed by atoms with van der Waals surface area (Å²) in [6.07, 6.45) is 1.37. The van der Waals surface area contributed by atoms with Crippen LogP contribution in [0.3, 0.4) is 0 Å². The molecule has 0 spiro atoms. The molecule has 0 fully saturated rings. The number of rotatable bonds is 1. The van der Waals surface area contributed by atoms with Crippen molar-refractivity contribution in [3.63, 3.8) is 0 Å². The minimum atomic E-state index is -3.61. The molecule has 0 aliphatic heterocycles. The number of aromatic nitrogens is 1. The van der Waals surface area contributed by atoms with Crippen LogP contribution in [0.2, 0.25) is 0 Å². The van der Waals surface area contributed by atoms with Crippen LogP contribution in [0.15, 0.2) is 29.4 Å². The average molecular weight is 182 g/mol. The number of nitrogens with zero attached hydrogens (tertiary/aromatic N) is 1. The minimum absolute atomic E-state index is 0. The van der Waals surface area contributed by atoms with Gasteiger partial charge in [-0.3, -0.25) is 0 Å². The van der Waals surface area contributed by atoms with E-state index in [1.54, 1.807) is 12.1 Å². The first kappa shape index (κ1) is 11.1. The van der Waals surface area contributed by atoms with Crippen LogP contribution in [0, 0.1) is 0 Å². The van der Waals surface area contributed by atoms with Crippen LogP contribution in [0.25, 0.3) is 0 Å². The van der Waals surface area contributed by atoms with Gasteiger partial charge in [-0.05, 0) is 12.1 Å². The van der Waals surface area contributed by atoms with E-state index >= 15 is 0 Å². The summed E-state index contributed by atoms with van der Waals surface area (Å²) in [6.45, 7) is 0. The molecule has 0 amide bonds. The molecule has 0 aliphatic carbocycles. The zero-order valence-electron chi connectivity index (χ0n) is 7.06. The van der Waals surface area contributed by atoms with E-state index in [1.165, 1.54) is 12.3 Å². The standard InChI is InChI=1S/C5H6N2O2S.Na.H/c6-10(8,9)5-3-1-2-4-7-5;;/h1-4H,(H2,6,8,9);;/q;+1;-1. The third-order valence-electron chi connectivity index (χ3n) is 0.929. The molecule has 0 saturated heterocycles. The van der Waals surface area contributed by atoms with Gasteiger partial charge in [-0.2, -0.15) is 0 Å². The summed E-state index contributed by atoms with van der Waals surface area (Å²) < 4.78 is 21.1. The number of pyridine rings is 1.